The van der Waals surface area contributed by atoms with Gasteiger partial charge in [-0.3, -0.25) is 0 Å². The molecule has 0 bridgehead atoms. The third-order valence-corrected chi connectivity index (χ3v) is 4.50. The fourth-order valence-corrected chi connectivity index (χ4v) is 3.23. The van der Waals surface area contributed by atoms with E-state index in [1.54, 1.807) is 18.2 Å². The number of hydrogen-bond acceptors (Lipinski definition) is 1. The fraction of sp³-hybridized carbons (Fsp3) is 0.571. The lowest BCUT2D eigenvalue weighted by Gasteiger charge is -2.33. The first-order valence-electron chi connectivity index (χ1n) is 6.62. The van der Waals surface area contributed by atoms with Crippen LogP contribution < -0.4 is 5.32 Å². The van der Waals surface area contributed by atoms with Gasteiger partial charge < -0.3 is 5.32 Å². The number of hydrogen-bond donors (Lipinski definition) is 1. The first-order chi connectivity index (χ1) is 9.39. The maximum Gasteiger partial charge on any atom is 0.393 e. The smallest absolute Gasteiger partial charge is 0.309 e. The monoisotopic (exact) mass is 325 g/mol. The molecule has 1 aliphatic rings. The second-order valence-corrected chi connectivity index (χ2v) is 5.93. The molecule has 1 fully saturated rings. The van der Waals surface area contributed by atoms with Crippen molar-refractivity contribution in [2.24, 2.45) is 5.92 Å². The van der Waals surface area contributed by atoms with Gasteiger partial charge in [-0.05, 0) is 25.0 Å². The molecule has 1 saturated carbocycles. The summed E-state index contributed by atoms with van der Waals surface area (Å²) in [6.07, 6.45) is -1.97. The van der Waals surface area contributed by atoms with Gasteiger partial charge in [0.15, 0.2) is 0 Å². The van der Waals surface area contributed by atoms with Crippen molar-refractivity contribution in [2.45, 2.75) is 44.4 Å². The van der Waals surface area contributed by atoms with Crippen LogP contribution >= 0.6 is 23.2 Å². The summed E-state index contributed by atoms with van der Waals surface area (Å²) in [7, 11) is 0. The maximum absolute atomic E-state index is 13.0. The minimum atomic E-state index is -4.15. The number of halogens is 5. The summed E-state index contributed by atoms with van der Waals surface area (Å²) in [6.45, 7) is 0.260. The first-order valence-corrected chi connectivity index (χ1v) is 7.38. The fourth-order valence-electron chi connectivity index (χ4n) is 2.70. The predicted molar refractivity (Wildman–Crippen MR) is 75.1 cm³/mol. The summed E-state index contributed by atoms with van der Waals surface area (Å²) in [5, 5.41) is 3.94. The topological polar surface area (TPSA) is 12.0 Å². The number of alkyl halides is 3. The van der Waals surface area contributed by atoms with Crippen LogP contribution in [0.3, 0.4) is 0 Å². The standard InChI is InChI=1S/C14H16Cl2F3N/c15-11-5-3-6-12(16)9(11)8-20-13-7-2-1-4-10(13)14(17,18)19/h3,5-6,10,13,20H,1-2,4,7-8H2. The maximum atomic E-state index is 13.0. The largest absolute Gasteiger partial charge is 0.393 e. The average Bonchev–Trinajstić information content (AvgIpc) is 2.37. The van der Waals surface area contributed by atoms with Crippen molar-refractivity contribution >= 4 is 23.2 Å². The molecule has 6 heteroatoms. The van der Waals surface area contributed by atoms with Crippen LogP contribution in [-0.2, 0) is 6.54 Å². The van der Waals surface area contributed by atoms with E-state index in [9.17, 15) is 13.2 Å². The Hall–Kier alpha value is -0.450. The van der Waals surface area contributed by atoms with E-state index in [1.165, 1.54) is 0 Å². The van der Waals surface area contributed by atoms with Gasteiger partial charge in [0.2, 0.25) is 0 Å². The lowest BCUT2D eigenvalue weighted by atomic mass is 9.84. The third-order valence-electron chi connectivity index (χ3n) is 3.79. The molecule has 2 atom stereocenters. The Morgan fingerprint density at radius 2 is 1.70 bits per heavy atom. The zero-order chi connectivity index (χ0) is 14.8. The normalized spacial score (nSPS) is 23.9. The van der Waals surface area contributed by atoms with E-state index in [2.05, 4.69) is 5.32 Å². The molecule has 2 rings (SSSR count). The van der Waals surface area contributed by atoms with Crippen LogP contribution in [0.5, 0.6) is 0 Å². The van der Waals surface area contributed by atoms with Crippen LogP contribution in [-0.4, -0.2) is 12.2 Å². The highest BCUT2D eigenvalue weighted by Crippen LogP contribution is 2.38. The highest BCUT2D eigenvalue weighted by atomic mass is 35.5. The molecule has 1 nitrogen and oxygen atoms in total. The molecule has 1 aromatic rings. The van der Waals surface area contributed by atoms with Crippen LogP contribution in [0.25, 0.3) is 0 Å². The van der Waals surface area contributed by atoms with Crippen LogP contribution in [0, 0.1) is 5.92 Å². The highest BCUT2D eigenvalue weighted by molar-refractivity contribution is 6.35. The molecule has 0 aromatic heterocycles. The quantitative estimate of drug-likeness (QED) is 0.804. The van der Waals surface area contributed by atoms with Gasteiger partial charge in [0.1, 0.15) is 0 Å². The molecule has 0 saturated heterocycles. The summed E-state index contributed by atoms with van der Waals surface area (Å²) in [4.78, 5) is 0. The van der Waals surface area contributed by atoms with Crippen molar-refractivity contribution in [2.75, 3.05) is 0 Å². The molecular formula is C14H16Cl2F3N. The summed E-state index contributed by atoms with van der Waals surface area (Å²) >= 11 is 12.1. The lowest BCUT2D eigenvalue weighted by Crippen LogP contribution is -2.45. The number of benzene rings is 1. The van der Waals surface area contributed by atoms with Gasteiger partial charge in [-0.1, -0.05) is 42.1 Å². The van der Waals surface area contributed by atoms with Gasteiger partial charge in [-0.25, -0.2) is 0 Å². The van der Waals surface area contributed by atoms with Crippen molar-refractivity contribution in [3.05, 3.63) is 33.8 Å². The minimum Gasteiger partial charge on any atom is -0.309 e. The van der Waals surface area contributed by atoms with E-state index in [4.69, 9.17) is 23.2 Å². The Kier molecular flexibility index (Phi) is 5.21. The molecule has 112 valence electrons. The first kappa shape index (κ1) is 15.9. The van der Waals surface area contributed by atoms with E-state index in [0.29, 0.717) is 28.5 Å². The summed E-state index contributed by atoms with van der Waals surface area (Å²) in [6, 6.07) is 4.53. The van der Waals surface area contributed by atoms with Crippen LogP contribution in [0.2, 0.25) is 10.0 Å². The SMILES string of the molecule is FC(F)(F)C1CCCCC1NCc1c(Cl)cccc1Cl. The predicted octanol–water partition coefficient (Wildman–Crippen LogP) is 5.20. The van der Waals surface area contributed by atoms with Gasteiger partial charge in [0, 0.05) is 28.2 Å². The average molecular weight is 326 g/mol. The van der Waals surface area contributed by atoms with Crippen molar-refractivity contribution < 1.29 is 13.2 Å². The summed E-state index contributed by atoms with van der Waals surface area (Å²) in [5.41, 5.74) is 0.655. The van der Waals surface area contributed by atoms with Crippen molar-refractivity contribution in [3.63, 3.8) is 0 Å². The second kappa shape index (κ2) is 6.54. The molecule has 0 amide bonds. The molecule has 0 aliphatic heterocycles. The van der Waals surface area contributed by atoms with E-state index in [-0.39, 0.29) is 13.0 Å². The van der Waals surface area contributed by atoms with E-state index in [1.807, 2.05) is 0 Å². The van der Waals surface area contributed by atoms with Crippen LogP contribution in [0.4, 0.5) is 13.2 Å². The van der Waals surface area contributed by atoms with Crippen LogP contribution in [0.1, 0.15) is 31.2 Å². The van der Waals surface area contributed by atoms with Crippen molar-refractivity contribution in [1.29, 1.82) is 0 Å². The van der Waals surface area contributed by atoms with Crippen LogP contribution in [0.15, 0.2) is 18.2 Å². The van der Waals surface area contributed by atoms with E-state index in [0.717, 1.165) is 6.42 Å². The molecule has 1 N–H and O–H groups in total. The molecule has 0 heterocycles. The molecule has 0 spiro atoms. The van der Waals surface area contributed by atoms with E-state index < -0.39 is 18.1 Å². The molecule has 0 radical (unpaired) electrons. The Balaban J connectivity index is 2.05. The Morgan fingerprint density at radius 3 is 2.30 bits per heavy atom. The number of rotatable bonds is 3. The Labute approximate surface area is 126 Å². The zero-order valence-corrected chi connectivity index (χ0v) is 12.3. The Bertz CT molecular complexity index is 442. The molecule has 1 aromatic carbocycles. The molecule has 1 aliphatic carbocycles. The number of nitrogens with one attached hydrogen (secondary N) is 1. The van der Waals surface area contributed by atoms with Crippen molar-refractivity contribution in [3.8, 4) is 0 Å². The van der Waals surface area contributed by atoms with Gasteiger partial charge >= 0.3 is 6.18 Å². The molecule has 2 unspecified atom stereocenters. The van der Waals surface area contributed by atoms with E-state index >= 15 is 0 Å². The van der Waals surface area contributed by atoms with Gasteiger partial charge in [-0.15, -0.1) is 0 Å². The molecule has 20 heavy (non-hydrogen) atoms. The van der Waals surface area contributed by atoms with Gasteiger partial charge in [0.25, 0.3) is 0 Å². The lowest BCUT2D eigenvalue weighted by molar-refractivity contribution is -0.189. The second-order valence-electron chi connectivity index (χ2n) is 5.12. The minimum absolute atomic E-state index is 0.192. The third kappa shape index (κ3) is 3.80. The van der Waals surface area contributed by atoms with Crippen molar-refractivity contribution in [1.82, 2.24) is 5.32 Å². The Morgan fingerprint density at radius 1 is 1.10 bits per heavy atom. The highest BCUT2D eigenvalue weighted by Gasteiger charge is 2.45. The van der Waals surface area contributed by atoms with Gasteiger partial charge in [0.05, 0.1) is 5.92 Å². The summed E-state index contributed by atoms with van der Waals surface area (Å²) < 4.78 is 39.0. The summed E-state index contributed by atoms with van der Waals surface area (Å²) in [5.74, 6) is -1.28. The van der Waals surface area contributed by atoms with Gasteiger partial charge in [-0.2, -0.15) is 13.2 Å². The molecular weight excluding hydrogens is 310 g/mol. The zero-order valence-electron chi connectivity index (χ0n) is 10.8.